The van der Waals surface area contributed by atoms with E-state index in [-0.39, 0.29) is 12.4 Å². The number of rotatable bonds is 7. The number of hydrogen-bond acceptors (Lipinski definition) is 4. The molecule has 0 heterocycles. The van der Waals surface area contributed by atoms with E-state index < -0.39 is 30.6 Å². The summed E-state index contributed by atoms with van der Waals surface area (Å²) in [5.41, 5.74) is -0.113. The Morgan fingerprint density at radius 1 is 1.15 bits per heavy atom. The maximum atomic E-state index is 12.5. The highest BCUT2D eigenvalue weighted by Crippen LogP contribution is 2.48. The summed E-state index contributed by atoms with van der Waals surface area (Å²) in [5, 5.41) is 2.29. The molecule has 0 radical (unpaired) electrons. The lowest BCUT2D eigenvalue weighted by Gasteiger charge is -2.18. The van der Waals surface area contributed by atoms with E-state index in [1.807, 2.05) is 6.07 Å². The Morgan fingerprint density at radius 2 is 1.74 bits per heavy atom. The number of ether oxygens (including phenoxy) is 1. The lowest BCUT2D eigenvalue weighted by molar-refractivity contribution is -0.146. The van der Waals surface area contributed by atoms with Crippen LogP contribution in [-0.4, -0.2) is 12.0 Å². The first-order valence-corrected chi connectivity index (χ1v) is 10.2. The average Bonchev–Trinajstić information content (AvgIpc) is 2.59. The summed E-state index contributed by atoms with van der Waals surface area (Å²) in [5.74, 6) is -0.852. The lowest BCUT2D eigenvalue weighted by atomic mass is 10.2. The van der Waals surface area contributed by atoms with Gasteiger partial charge in [0.15, 0.2) is 0 Å². The van der Waals surface area contributed by atoms with E-state index in [1.54, 1.807) is 24.3 Å². The zero-order valence-corrected chi connectivity index (χ0v) is 15.7. The number of alkyl halides is 3. The quantitative estimate of drug-likeness (QED) is 0.494. The summed E-state index contributed by atoms with van der Waals surface area (Å²) in [6, 6.07) is 11.4. The molecule has 0 saturated heterocycles. The summed E-state index contributed by atoms with van der Waals surface area (Å²) < 4.78 is 59.9. The van der Waals surface area contributed by atoms with Gasteiger partial charge in [0.25, 0.3) is 0 Å². The number of benzene rings is 2. The molecule has 2 aromatic carbocycles. The average molecular weight is 422 g/mol. The van der Waals surface area contributed by atoms with Gasteiger partial charge in [-0.3, -0.25) is 4.79 Å². The van der Waals surface area contributed by atoms with Crippen LogP contribution in [-0.2, 0) is 26.9 Å². The topological polar surface area (TPSA) is 64.6 Å². The zero-order valence-electron chi connectivity index (χ0n) is 14.1. The zero-order chi connectivity index (χ0) is 20.1. The second kappa shape index (κ2) is 8.78. The standard InChI is InChI=1S/C17H16ClF3NO4P/c1-12(16(23)25-11-13-5-3-2-4-6-13)22-27(18,24)26-15-9-7-14(8-10-15)17(19,20)21/h2-10,12H,11H2,1H3,(H,22,24)/t12-,27?/m0/s1. The highest BCUT2D eigenvalue weighted by molar-refractivity contribution is 7.84. The molecule has 0 bridgehead atoms. The minimum atomic E-state index is -4.50. The van der Waals surface area contributed by atoms with Crippen molar-refractivity contribution in [2.75, 3.05) is 0 Å². The fraction of sp³-hybridized carbons (Fsp3) is 0.235. The van der Waals surface area contributed by atoms with E-state index in [0.29, 0.717) is 0 Å². The van der Waals surface area contributed by atoms with Gasteiger partial charge in [0, 0.05) is 11.2 Å². The van der Waals surface area contributed by atoms with E-state index in [2.05, 4.69) is 5.09 Å². The van der Waals surface area contributed by atoms with Crippen molar-refractivity contribution in [2.24, 2.45) is 0 Å². The molecule has 1 N–H and O–H groups in total. The molecule has 1 unspecified atom stereocenters. The molecule has 0 spiro atoms. The van der Waals surface area contributed by atoms with Crippen molar-refractivity contribution < 1.29 is 31.8 Å². The minimum absolute atomic E-state index is 0.0258. The van der Waals surface area contributed by atoms with Crippen LogP contribution in [0.5, 0.6) is 5.75 Å². The van der Waals surface area contributed by atoms with Gasteiger partial charge in [-0.15, -0.1) is 0 Å². The lowest BCUT2D eigenvalue weighted by Crippen LogP contribution is -2.33. The molecule has 10 heteroatoms. The molecule has 27 heavy (non-hydrogen) atoms. The molecule has 0 aromatic heterocycles. The number of hydrogen-bond donors (Lipinski definition) is 1. The fourth-order valence-corrected chi connectivity index (χ4v) is 3.70. The molecule has 5 nitrogen and oxygen atoms in total. The second-order valence-corrected chi connectivity index (χ2v) is 8.27. The molecule has 2 rings (SSSR count). The van der Waals surface area contributed by atoms with Gasteiger partial charge < -0.3 is 9.26 Å². The Bertz CT molecular complexity index is 815. The first-order chi connectivity index (χ1) is 12.6. The van der Waals surface area contributed by atoms with Gasteiger partial charge >= 0.3 is 19.0 Å². The predicted octanol–water partition coefficient (Wildman–Crippen LogP) is 5.15. The summed E-state index contributed by atoms with van der Waals surface area (Å²) in [4.78, 5) is 12.0. The molecule has 0 aliphatic carbocycles. The van der Waals surface area contributed by atoms with Crippen LogP contribution in [0, 0.1) is 0 Å². The predicted molar refractivity (Wildman–Crippen MR) is 94.4 cm³/mol. The van der Waals surface area contributed by atoms with E-state index in [1.165, 1.54) is 6.92 Å². The molecule has 0 aliphatic rings. The molecule has 0 amide bonds. The Balaban J connectivity index is 1.90. The fourth-order valence-electron chi connectivity index (χ4n) is 2.00. The summed E-state index contributed by atoms with van der Waals surface area (Å²) in [7, 11) is 0. The SMILES string of the molecule is C[C@H](NP(=O)(Cl)Oc1ccc(C(F)(F)F)cc1)C(=O)OCc1ccccc1. The van der Waals surface area contributed by atoms with Crippen molar-refractivity contribution >= 4 is 24.1 Å². The summed E-state index contributed by atoms with van der Waals surface area (Å²) in [6.45, 7) is -2.64. The number of esters is 1. The van der Waals surface area contributed by atoms with Crippen LogP contribution in [0.3, 0.4) is 0 Å². The molecule has 0 saturated carbocycles. The highest BCUT2D eigenvalue weighted by atomic mass is 35.7. The van der Waals surface area contributed by atoms with E-state index >= 15 is 0 Å². The molecule has 0 fully saturated rings. The molecular weight excluding hydrogens is 406 g/mol. The van der Waals surface area contributed by atoms with Crippen LogP contribution in [0.1, 0.15) is 18.1 Å². The Morgan fingerprint density at radius 3 is 2.30 bits per heavy atom. The molecular formula is C17H16ClF3NO4P. The van der Waals surface area contributed by atoms with Crippen molar-refractivity contribution in [3.05, 3.63) is 65.7 Å². The van der Waals surface area contributed by atoms with Gasteiger partial charge in [-0.1, -0.05) is 30.3 Å². The molecule has 2 atom stereocenters. The van der Waals surface area contributed by atoms with Gasteiger partial charge in [-0.25, -0.2) is 9.65 Å². The smallest absolute Gasteiger partial charge is 0.416 e. The molecule has 0 aliphatic heterocycles. The number of nitrogens with one attached hydrogen (secondary N) is 1. The van der Waals surface area contributed by atoms with Crippen molar-refractivity contribution in [3.8, 4) is 5.75 Å². The Hall–Kier alpha value is -2.02. The Labute approximate surface area is 158 Å². The van der Waals surface area contributed by atoms with Crippen molar-refractivity contribution in [1.82, 2.24) is 5.09 Å². The van der Waals surface area contributed by atoms with Crippen LogP contribution in [0.25, 0.3) is 0 Å². The third-order valence-corrected chi connectivity index (χ3v) is 4.97. The van der Waals surface area contributed by atoms with E-state index in [4.69, 9.17) is 20.5 Å². The van der Waals surface area contributed by atoms with Crippen LogP contribution >= 0.6 is 18.1 Å². The molecule has 146 valence electrons. The van der Waals surface area contributed by atoms with Crippen molar-refractivity contribution in [3.63, 3.8) is 0 Å². The van der Waals surface area contributed by atoms with Crippen LogP contribution in [0.2, 0.25) is 0 Å². The number of carbonyl (C=O) groups excluding carboxylic acids is 1. The third-order valence-electron chi connectivity index (χ3n) is 3.33. The summed E-state index contributed by atoms with van der Waals surface area (Å²) >= 11 is 5.75. The monoisotopic (exact) mass is 421 g/mol. The Kier molecular flexibility index (Phi) is 6.92. The van der Waals surface area contributed by atoms with Crippen molar-refractivity contribution in [1.29, 1.82) is 0 Å². The minimum Gasteiger partial charge on any atom is -0.460 e. The summed E-state index contributed by atoms with van der Waals surface area (Å²) in [6.07, 6.45) is -4.50. The normalized spacial score (nSPS) is 14.9. The van der Waals surface area contributed by atoms with Gasteiger partial charge in [0.05, 0.1) is 5.56 Å². The van der Waals surface area contributed by atoms with Crippen LogP contribution in [0.4, 0.5) is 13.2 Å². The van der Waals surface area contributed by atoms with Gasteiger partial charge in [-0.05, 0) is 36.8 Å². The second-order valence-electron chi connectivity index (χ2n) is 5.54. The van der Waals surface area contributed by atoms with Crippen LogP contribution in [0.15, 0.2) is 54.6 Å². The van der Waals surface area contributed by atoms with E-state index in [0.717, 1.165) is 29.8 Å². The van der Waals surface area contributed by atoms with Gasteiger partial charge in [0.2, 0.25) is 0 Å². The highest BCUT2D eigenvalue weighted by Gasteiger charge is 2.31. The first kappa shape index (κ1) is 21.3. The molecule has 2 aromatic rings. The number of carbonyl (C=O) groups is 1. The van der Waals surface area contributed by atoms with Crippen LogP contribution < -0.4 is 9.61 Å². The van der Waals surface area contributed by atoms with E-state index in [9.17, 15) is 22.5 Å². The van der Waals surface area contributed by atoms with Gasteiger partial charge in [0.1, 0.15) is 18.4 Å². The largest absolute Gasteiger partial charge is 0.460 e. The first-order valence-electron chi connectivity index (χ1n) is 7.72. The third kappa shape index (κ3) is 6.90. The van der Waals surface area contributed by atoms with Crippen molar-refractivity contribution in [2.45, 2.75) is 25.7 Å². The maximum Gasteiger partial charge on any atom is 0.416 e. The maximum absolute atomic E-state index is 12.5. The van der Waals surface area contributed by atoms with Gasteiger partial charge in [-0.2, -0.15) is 13.2 Å². The number of halogens is 4.